The molecule has 2 unspecified atom stereocenters. The summed E-state index contributed by atoms with van der Waals surface area (Å²) in [5, 5.41) is 3.27. The molecule has 41 heavy (non-hydrogen) atoms. The van der Waals surface area contributed by atoms with Gasteiger partial charge in [-0.3, -0.25) is 4.79 Å². The number of ketones is 1. The Labute approximate surface area is 242 Å². The number of imidazole rings is 1. The lowest BCUT2D eigenvalue weighted by atomic mass is 9.92. The van der Waals surface area contributed by atoms with Gasteiger partial charge in [-0.05, 0) is 67.5 Å². The van der Waals surface area contributed by atoms with Gasteiger partial charge in [0.15, 0.2) is 0 Å². The first kappa shape index (κ1) is 28.5. The molecule has 2 aromatic carbocycles. The lowest BCUT2D eigenvalue weighted by Crippen LogP contribution is -2.11. The van der Waals surface area contributed by atoms with Gasteiger partial charge < -0.3 is 14.6 Å². The van der Waals surface area contributed by atoms with E-state index in [2.05, 4.69) is 22.5 Å². The average Bonchev–Trinajstić information content (AvgIpc) is 3.14. The summed E-state index contributed by atoms with van der Waals surface area (Å²) in [6, 6.07) is 14.0. The molecule has 1 N–H and O–H groups in total. The van der Waals surface area contributed by atoms with Crippen LogP contribution < -0.4 is 10.1 Å². The molecule has 0 bridgehead atoms. The summed E-state index contributed by atoms with van der Waals surface area (Å²) < 4.78 is 20.9. The second kappa shape index (κ2) is 14.1. The minimum atomic E-state index is -0.297. The molecule has 6 nitrogen and oxygen atoms in total. The quantitative estimate of drug-likeness (QED) is 0.262. The standard InChI is InChI=1S/C34H39FN4O2/c1-41-32-9-3-7-27(21-32)33-23-39(30-17-14-28(35)15-18-30)34(38-33)22-31(40)19-13-26-6-2-5-25(10-11-26)12-16-29-8-4-20-36-24-37-29/h3-4,7,9,14-18,20-21,23-26H,2,5-6,8,10-13,19,22H2,1H3,(H,36,37)/b29-16-. The van der Waals surface area contributed by atoms with Crippen molar-refractivity contribution in [1.82, 2.24) is 14.9 Å². The molecule has 214 valence electrons. The third kappa shape index (κ3) is 8.03. The molecule has 1 saturated carbocycles. The first-order valence-electron chi connectivity index (χ1n) is 14.7. The van der Waals surface area contributed by atoms with Crippen molar-refractivity contribution in [2.75, 3.05) is 7.11 Å². The van der Waals surface area contributed by atoms with Crippen LogP contribution in [0.25, 0.3) is 16.9 Å². The van der Waals surface area contributed by atoms with Crippen LogP contribution in [0.5, 0.6) is 5.75 Å². The van der Waals surface area contributed by atoms with Crippen molar-refractivity contribution < 1.29 is 13.9 Å². The topological polar surface area (TPSA) is 68.5 Å². The molecule has 1 aliphatic heterocycles. The normalized spacial score (nSPS) is 19.9. The van der Waals surface area contributed by atoms with Gasteiger partial charge in [0.25, 0.3) is 0 Å². The Hall–Kier alpha value is -4.00. The highest BCUT2D eigenvalue weighted by atomic mass is 19.1. The number of carbonyl (C=O) groups excluding carboxylic acids is 1. The van der Waals surface area contributed by atoms with Crippen LogP contribution in [0.15, 0.2) is 83.8 Å². The summed E-state index contributed by atoms with van der Waals surface area (Å²) in [4.78, 5) is 22.2. The Kier molecular flexibility index (Phi) is 9.78. The van der Waals surface area contributed by atoms with Gasteiger partial charge in [0.1, 0.15) is 23.2 Å². The molecule has 1 fully saturated rings. The van der Waals surface area contributed by atoms with E-state index in [-0.39, 0.29) is 18.0 Å². The second-order valence-corrected chi connectivity index (χ2v) is 11.1. The molecule has 2 heterocycles. The number of Topliss-reactive ketones (excluding diaryl/α,β-unsaturated/α-hetero) is 1. The predicted molar refractivity (Wildman–Crippen MR) is 162 cm³/mol. The van der Waals surface area contributed by atoms with Gasteiger partial charge in [-0.1, -0.05) is 50.0 Å². The second-order valence-electron chi connectivity index (χ2n) is 11.1. The van der Waals surface area contributed by atoms with Crippen molar-refractivity contribution in [1.29, 1.82) is 0 Å². The van der Waals surface area contributed by atoms with Crippen LogP contribution in [0.4, 0.5) is 4.39 Å². The smallest absolute Gasteiger partial charge is 0.140 e. The molecule has 1 aromatic heterocycles. The fourth-order valence-corrected chi connectivity index (χ4v) is 5.81. The van der Waals surface area contributed by atoms with Gasteiger partial charge >= 0.3 is 0 Å². The molecule has 0 spiro atoms. The van der Waals surface area contributed by atoms with Crippen molar-refractivity contribution in [2.24, 2.45) is 16.8 Å². The van der Waals surface area contributed by atoms with Crippen LogP contribution in [-0.2, 0) is 11.2 Å². The van der Waals surface area contributed by atoms with E-state index in [9.17, 15) is 9.18 Å². The highest BCUT2D eigenvalue weighted by Crippen LogP contribution is 2.32. The maximum atomic E-state index is 13.6. The fourth-order valence-electron chi connectivity index (χ4n) is 5.81. The lowest BCUT2D eigenvalue weighted by Gasteiger charge is -2.15. The molecule has 0 radical (unpaired) electrons. The molecule has 2 atom stereocenters. The maximum absolute atomic E-state index is 13.6. The largest absolute Gasteiger partial charge is 0.497 e. The van der Waals surface area contributed by atoms with Gasteiger partial charge in [-0.25, -0.2) is 14.4 Å². The number of hydrogen-bond donors (Lipinski definition) is 1. The Bertz CT molecular complexity index is 1390. The van der Waals surface area contributed by atoms with E-state index in [0.29, 0.717) is 24.1 Å². The van der Waals surface area contributed by atoms with E-state index in [0.717, 1.165) is 42.0 Å². The highest BCUT2D eigenvalue weighted by molar-refractivity contribution is 5.80. The number of nitrogens with one attached hydrogen (secondary N) is 1. The SMILES string of the molecule is COc1cccc(-c2cn(-c3ccc(F)cc3)c(CC(=O)CCC3CCCC(C/C=C4/CC=CN=CN4)CC3)n2)c1. The first-order chi connectivity index (χ1) is 20.1. The molecular weight excluding hydrogens is 515 g/mol. The Morgan fingerprint density at radius 3 is 2.80 bits per heavy atom. The zero-order valence-electron chi connectivity index (χ0n) is 23.8. The van der Waals surface area contributed by atoms with Crippen LogP contribution in [0.3, 0.4) is 0 Å². The third-order valence-corrected chi connectivity index (χ3v) is 8.20. The van der Waals surface area contributed by atoms with Crippen molar-refractivity contribution in [3.05, 3.63) is 90.4 Å². The Morgan fingerprint density at radius 1 is 1.12 bits per heavy atom. The molecule has 5 rings (SSSR count). The number of nitrogens with zero attached hydrogens (tertiary/aromatic N) is 3. The average molecular weight is 555 g/mol. The van der Waals surface area contributed by atoms with Gasteiger partial charge in [-0.2, -0.15) is 0 Å². The van der Waals surface area contributed by atoms with Crippen LogP contribution in [0, 0.1) is 17.7 Å². The number of ether oxygens (including phenoxy) is 1. The number of rotatable bonds is 10. The number of aliphatic imine (C=N–C) groups is 1. The summed E-state index contributed by atoms with van der Waals surface area (Å²) in [7, 11) is 1.63. The number of hydrogen-bond acceptors (Lipinski definition) is 5. The number of allylic oxidation sites excluding steroid dienone is 2. The van der Waals surface area contributed by atoms with E-state index in [1.165, 1.54) is 49.9 Å². The predicted octanol–water partition coefficient (Wildman–Crippen LogP) is 7.58. The van der Waals surface area contributed by atoms with E-state index in [1.54, 1.807) is 25.6 Å². The highest BCUT2D eigenvalue weighted by Gasteiger charge is 2.21. The lowest BCUT2D eigenvalue weighted by molar-refractivity contribution is -0.118. The number of benzene rings is 2. The molecule has 0 saturated heterocycles. The minimum Gasteiger partial charge on any atom is -0.497 e. The van der Waals surface area contributed by atoms with Crippen molar-refractivity contribution >= 4 is 12.1 Å². The zero-order valence-corrected chi connectivity index (χ0v) is 23.8. The molecule has 0 amide bonds. The minimum absolute atomic E-state index is 0.191. The Morgan fingerprint density at radius 2 is 1.95 bits per heavy atom. The number of halogens is 1. The van der Waals surface area contributed by atoms with Gasteiger partial charge in [0.05, 0.1) is 25.6 Å². The summed E-state index contributed by atoms with van der Waals surface area (Å²) in [6.45, 7) is 0. The molecular formula is C34H39FN4O2. The van der Waals surface area contributed by atoms with Gasteiger partial charge in [-0.15, -0.1) is 0 Å². The third-order valence-electron chi connectivity index (χ3n) is 8.20. The van der Waals surface area contributed by atoms with Crippen molar-refractivity contribution in [3.63, 3.8) is 0 Å². The molecule has 3 aromatic rings. The van der Waals surface area contributed by atoms with E-state index >= 15 is 0 Å². The molecule has 2 aliphatic rings. The van der Waals surface area contributed by atoms with Crippen LogP contribution in [0.1, 0.15) is 63.6 Å². The fraction of sp³-hybridized carbons (Fsp3) is 0.382. The first-order valence-corrected chi connectivity index (χ1v) is 14.7. The summed E-state index contributed by atoms with van der Waals surface area (Å²) in [5.41, 5.74) is 3.66. The summed E-state index contributed by atoms with van der Waals surface area (Å²) >= 11 is 0. The van der Waals surface area contributed by atoms with Crippen LogP contribution in [-0.4, -0.2) is 28.8 Å². The van der Waals surface area contributed by atoms with Crippen molar-refractivity contribution in [2.45, 2.75) is 64.2 Å². The number of aromatic nitrogens is 2. The van der Waals surface area contributed by atoms with Crippen molar-refractivity contribution in [3.8, 4) is 22.7 Å². The zero-order chi connectivity index (χ0) is 28.4. The van der Waals surface area contributed by atoms with Gasteiger partial charge in [0, 0.05) is 42.2 Å². The van der Waals surface area contributed by atoms with Crippen LogP contribution in [0.2, 0.25) is 0 Å². The van der Waals surface area contributed by atoms with Crippen LogP contribution >= 0.6 is 0 Å². The number of carbonyl (C=O) groups is 1. The monoisotopic (exact) mass is 554 g/mol. The van der Waals surface area contributed by atoms with E-state index in [4.69, 9.17) is 9.72 Å². The number of methoxy groups -OCH3 is 1. The summed E-state index contributed by atoms with van der Waals surface area (Å²) in [5.74, 6) is 2.59. The Balaban J connectivity index is 1.20. The van der Waals surface area contributed by atoms with E-state index in [1.807, 2.05) is 41.2 Å². The van der Waals surface area contributed by atoms with Gasteiger partial charge in [0.2, 0.25) is 0 Å². The molecule has 1 aliphatic carbocycles. The molecule has 7 heteroatoms. The van der Waals surface area contributed by atoms with E-state index < -0.39 is 0 Å². The maximum Gasteiger partial charge on any atom is 0.140 e. The summed E-state index contributed by atoms with van der Waals surface area (Å²) in [6.07, 6.45) is 19.7.